The molecule has 0 saturated carbocycles. The molecule has 0 amide bonds. The van der Waals surface area contributed by atoms with E-state index in [2.05, 4.69) is 0 Å². The van der Waals surface area contributed by atoms with Crippen LogP contribution in [0.3, 0.4) is 0 Å². The number of benzene rings is 1. The average molecular weight is 261 g/mol. The van der Waals surface area contributed by atoms with Gasteiger partial charge in [-0.1, -0.05) is 0 Å². The molecule has 92 valence electrons. The number of rotatable bonds is 4. The van der Waals surface area contributed by atoms with Gasteiger partial charge < -0.3 is 4.42 Å². The molecule has 0 spiro atoms. The highest BCUT2D eigenvalue weighted by atomic mass is 32.2. The summed E-state index contributed by atoms with van der Waals surface area (Å²) in [5, 5.41) is 8.42. The van der Waals surface area contributed by atoms with E-state index in [1.54, 1.807) is 30.5 Å². The van der Waals surface area contributed by atoms with Crippen LogP contribution in [-0.2, 0) is 9.84 Å². The Kier molecular flexibility index (Phi) is 3.49. The molecule has 0 radical (unpaired) electrons. The van der Waals surface area contributed by atoms with Gasteiger partial charge in [-0.25, -0.2) is 8.42 Å². The number of hydrogen-bond donors (Lipinski definition) is 0. The molecule has 1 aromatic carbocycles. The molecular formula is C13H11NO3S. The van der Waals surface area contributed by atoms with Crippen molar-refractivity contribution >= 4 is 9.84 Å². The molecule has 18 heavy (non-hydrogen) atoms. The SMILES string of the molecule is N#CCCS(=O)(=O)c1ccc(-c2ccco2)cc1. The second-order valence-corrected chi connectivity index (χ2v) is 5.84. The highest BCUT2D eigenvalue weighted by Crippen LogP contribution is 2.22. The van der Waals surface area contributed by atoms with Crippen LogP contribution < -0.4 is 0 Å². The van der Waals surface area contributed by atoms with Gasteiger partial charge in [-0.05, 0) is 36.4 Å². The number of hydrogen-bond acceptors (Lipinski definition) is 4. The van der Waals surface area contributed by atoms with Crippen LogP contribution in [0.2, 0.25) is 0 Å². The fourth-order valence-electron chi connectivity index (χ4n) is 1.57. The van der Waals surface area contributed by atoms with E-state index in [1.165, 1.54) is 12.1 Å². The molecule has 0 saturated heterocycles. The molecule has 2 aromatic rings. The number of sulfone groups is 1. The fourth-order valence-corrected chi connectivity index (χ4v) is 2.71. The molecule has 0 aliphatic rings. The minimum absolute atomic E-state index is 0.00225. The van der Waals surface area contributed by atoms with Crippen molar-refractivity contribution in [1.82, 2.24) is 0 Å². The van der Waals surface area contributed by atoms with Crippen LogP contribution in [0.5, 0.6) is 0 Å². The molecule has 1 aromatic heterocycles. The topological polar surface area (TPSA) is 71.1 Å². The fraction of sp³-hybridized carbons (Fsp3) is 0.154. The molecule has 0 aliphatic carbocycles. The molecule has 0 fully saturated rings. The van der Waals surface area contributed by atoms with Crippen molar-refractivity contribution < 1.29 is 12.8 Å². The van der Waals surface area contributed by atoms with Gasteiger partial charge in [-0.15, -0.1) is 0 Å². The van der Waals surface area contributed by atoms with Crippen LogP contribution in [-0.4, -0.2) is 14.2 Å². The first-order chi connectivity index (χ1) is 8.63. The van der Waals surface area contributed by atoms with E-state index in [0.29, 0.717) is 5.76 Å². The van der Waals surface area contributed by atoms with Crippen molar-refractivity contribution in [2.24, 2.45) is 0 Å². The largest absolute Gasteiger partial charge is 0.464 e. The number of furan rings is 1. The molecule has 1 heterocycles. The summed E-state index contributed by atoms with van der Waals surface area (Å²) in [7, 11) is -3.36. The first kappa shape index (κ1) is 12.4. The summed E-state index contributed by atoms with van der Waals surface area (Å²) in [6, 6.07) is 11.9. The van der Waals surface area contributed by atoms with Gasteiger partial charge in [0.1, 0.15) is 5.76 Å². The van der Waals surface area contributed by atoms with Crippen molar-refractivity contribution in [2.75, 3.05) is 5.75 Å². The third-order valence-corrected chi connectivity index (χ3v) is 4.23. The molecule has 5 heteroatoms. The molecule has 0 aliphatic heterocycles. The molecule has 0 N–H and O–H groups in total. The van der Waals surface area contributed by atoms with E-state index < -0.39 is 9.84 Å². The summed E-state index contributed by atoms with van der Waals surface area (Å²) >= 11 is 0. The summed E-state index contributed by atoms with van der Waals surface area (Å²) in [5.74, 6) is 0.542. The zero-order valence-electron chi connectivity index (χ0n) is 9.54. The summed E-state index contributed by atoms with van der Waals surface area (Å²) in [6.07, 6.45) is 1.56. The third-order valence-electron chi connectivity index (χ3n) is 2.50. The van der Waals surface area contributed by atoms with Crippen LogP contribution in [0, 0.1) is 11.3 Å². The van der Waals surface area contributed by atoms with Gasteiger partial charge in [-0.2, -0.15) is 5.26 Å². The summed E-state index contributed by atoms with van der Waals surface area (Å²) in [4.78, 5) is 0.230. The second-order valence-electron chi connectivity index (χ2n) is 3.73. The van der Waals surface area contributed by atoms with Gasteiger partial charge in [0.15, 0.2) is 9.84 Å². The minimum atomic E-state index is -3.36. The molecule has 4 nitrogen and oxygen atoms in total. The smallest absolute Gasteiger partial charge is 0.179 e. The zero-order valence-corrected chi connectivity index (χ0v) is 10.4. The van der Waals surface area contributed by atoms with Gasteiger partial charge in [0.2, 0.25) is 0 Å². The lowest BCUT2D eigenvalue weighted by atomic mass is 10.2. The Labute approximate surface area is 105 Å². The Bertz CT molecular complexity index is 649. The van der Waals surface area contributed by atoms with Crippen molar-refractivity contribution in [2.45, 2.75) is 11.3 Å². The molecule has 0 bridgehead atoms. The Morgan fingerprint density at radius 2 is 1.89 bits per heavy atom. The van der Waals surface area contributed by atoms with E-state index in [-0.39, 0.29) is 17.1 Å². The van der Waals surface area contributed by atoms with Crippen molar-refractivity contribution in [3.8, 4) is 17.4 Å². The Morgan fingerprint density at radius 3 is 2.44 bits per heavy atom. The van der Waals surface area contributed by atoms with Crippen molar-refractivity contribution in [3.63, 3.8) is 0 Å². The summed E-state index contributed by atoms with van der Waals surface area (Å²) < 4.78 is 28.8. The van der Waals surface area contributed by atoms with E-state index in [9.17, 15) is 8.42 Å². The van der Waals surface area contributed by atoms with Crippen LogP contribution in [0.15, 0.2) is 52.0 Å². The van der Waals surface area contributed by atoms with Crippen LogP contribution in [0.1, 0.15) is 6.42 Å². The van der Waals surface area contributed by atoms with Crippen LogP contribution in [0.25, 0.3) is 11.3 Å². The highest BCUT2D eigenvalue weighted by Gasteiger charge is 2.14. The van der Waals surface area contributed by atoms with Gasteiger partial charge in [0, 0.05) is 12.0 Å². The Morgan fingerprint density at radius 1 is 1.17 bits per heavy atom. The molecule has 0 atom stereocenters. The van der Waals surface area contributed by atoms with Gasteiger partial charge in [0.25, 0.3) is 0 Å². The van der Waals surface area contributed by atoms with Gasteiger partial charge in [-0.3, -0.25) is 0 Å². The third kappa shape index (κ3) is 2.60. The van der Waals surface area contributed by atoms with E-state index in [0.717, 1.165) is 5.56 Å². The number of nitriles is 1. The second kappa shape index (κ2) is 5.07. The lowest BCUT2D eigenvalue weighted by molar-refractivity contribution is 0.582. The lowest BCUT2D eigenvalue weighted by Crippen LogP contribution is -2.05. The lowest BCUT2D eigenvalue weighted by Gasteiger charge is -2.03. The maximum absolute atomic E-state index is 11.8. The van der Waals surface area contributed by atoms with Gasteiger partial charge >= 0.3 is 0 Å². The quantitative estimate of drug-likeness (QED) is 0.848. The van der Waals surface area contributed by atoms with Crippen LogP contribution in [0.4, 0.5) is 0 Å². The predicted molar refractivity (Wildman–Crippen MR) is 66.4 cm³/mol. The zero-order chi connectivity index (χ0) is 13.0. The summed E-state index contributed by atoms with van der Waals surface area (Å²) in [6.45, 7) is 0. The monoisotopic (exact) mass is 261 g/mol. The normalized spacial score (nSPS) is 11.1. The van der Waals surface area contributed by atoms with E-state index in [1.807, 2.05) is 6.07 Å². The Balaban J connectivity index is 2.26. The maximum atomic E-state index is 11.8. The van der Waals surface area contributed by atoms with Gasteiger partial charge in [0.05, 0.1) is 23.0 Å². The van der Waals surface area contributed by atoms with Crippen LogP contribution >= 0.6 is 0 Å². The first-order valence-corrected chi connectivity index (χ1v) is 7.02. The molecule has 0 unspecified atom stereocenters. The maximum Gasteiger partial charge on any atom is 0.179 e. The first-order valence-electron chi connectivity index (χ1n) is 5.37. The number of nitrogens with zero attached hydrogens (tertiary/aromatic N) is 1. The highest BCUT2D eigenvalue weighted by molar-refractivity contribution is 7.91. The summed E-state index contributed by atoms with van der Waals surface area (Å²) in [5.41, 5.74) is 0.819. The predicted octanol–water partition coefficient (Wildman–Crippen LogP) is 2.63. The molecular weight excluding hydrogens is 250 g/mol. The van der Waals surface area contributed by atoms with E-state index >= 15 is 0 Å². The Hall–Kier alpha value is -2.06. The molecule has 2 rings (SSSR count). The van der Waals surface area contributed by atoms with E-state index in [4.69, 9.17) is 9.68 Å². The average Bonchev–Trinajstić information content (AvgIpc) is 2.90. The van der Waals surface area contributed by atoms with Crippen molar-refractivity contribution in [3.05, 3.63) is 42.7 Å². The van der Waals surface area contributed by atoms with Crippen molar-refractivity contribution in [1.29, 1.82) is 5.26 Å². The minimum Gasteiger partial charge on any atom is -0.464 e. The standard InChI is InChI=1S/C13H11NO3S/c14-8-2-10-18(15,16)12-6-4-11(5-7-12)13-3-1-9-17-13/h1,3-7,9H,2,10H2.